The highest BCUT2D eigenvalue weighted by Gasteiger charge is 2.28. The number of aliphatic hydroxyl groups is 1. The van der Waals surface area contributed by atoms with Crippen molar-refractivity contribution in [3.8, 4) is 0 Å². The van der Waals surface area contributed by atoms with E-state index in [-0.39, 0.29) is 12.3 Å². The number of nitrogens with one attached hydrogen (secondary N) is 3. The van der Waals surface area contributed by atoms with Crippen molar-refractivity contribution in [1.82, 2.24) is 16.0 Å². The third-order valence-electron chi connectivity index (χ3n) is 3.33. The van der Waals surface area contributed by atoms with E-state index >= 15 is 0 Å². The Hall–Kier alpha value is -2.73. The number of rotatable bonds is 12. The number of carboxylic acids is 1. The lowest BCUT2D eigenvalue weighted by molar-refractivity contribution is -0.139. The molecule has 4 amide bonds. The monoisotopic (exact) mass is 389 g/mol. The van der Waals surface area contributed by atoms with Gasteiger partial charge in [-0.25, -0.2) is 0 Å². The van der Waals surface area contributed by atoms with Crippen molar-refractivity contribution in [1.29, 1.82) is 0 Å². The number of nitrogens with two attached hydrogens (primary N) is 2. The number of carbonyl (C=O) groups excluding carboxylic acids is 4. The molecule has 0 rings (SSSR count). The Kier molecular flexibility index (Phi) is 10.6. The largest absolute Gasteiger partial charge is 0.480 e. The maximum atomic E-state index is 12.4. The first kappa shape index (κ1) is 24.3. The van der Waals surface area contributed by atoms with Crippen LogP contribution in [0.4, 0.5) is 0 Å². The first-order valence-corrected chi connectivity index (χ1v) is 8.22. The van der Waals surface area contributed by atoms with E-state index in [0.29, 0.717) is 0 Å². The molecule has 0 saturated carbocycles. The Morgan fingerprint density at radius 1 is 0.963 bits per heavy atom. The van der Waals surface area contributed by atoms with E-state index in [9.17, 15) is 29.1 Å². The molecular formula is C15H27N5O7. The molecule has 0 fully saturated rings. The van der Waals surface area contributed by atoms with Crippen molar-refractivity contribution < 1.29 is 34.2 Å². The number of hydrogen-bond acceptors (Lipinski definition) is 7. The van der Waals surface area contributed by atoms with Crippen LogP contribution in [0.25, 0.3) is 0 Å². The third-order valence-corrected chi connectivity index (χ3v) is 3.33. The fourth-order valence-electron chi connectivity index (χ4n) is 2.04. The highest BCUT2D eigenvalue weighted by Crippen LogP contribution is 2.06. The van der Waals surface area contributed by atoms with Gasteiger partial charge in [0.2, 0.25) is 23.6 Å². The van der Waals surface area contributed by atoms with E-state index in [2.05, 4.69) is 10.6 Å². The summed E-state index contributed by atoms with van der Waals surface area (Å²) in [7, 11) is 0. The van der Waals surface area contributed by atoms with Crippen LogP contribution in [0.3, 0.4) is 0 Å². The molecule has 154 valence electrons. The number of carboxylic acid groups (broad SMARTS) is 1. The average Bonchev–Trinajstić information content (AvgIpc) is 2.55. The molecule has 0 aliphatic carbocycles. The minimum absolute atomic E-state index is 0.0261. The van der Waals surface area contributed by atoms with Gasteiger partial charge in [0.05, 0.1) is 19.1 Å². The van der Waals surface area contributed by atoms with Crippen LogP contribution in [0.1, 0.15) is 26.7 Å². The second kappa shape index (κ2) is 11.8. The summed E-state index contributed by atoms with van der Waals surface area (Å²) in [5.74, 6) is -4.54. The van der Waals surface area contributed by atoms with Crippen LogP contribution in [-0.2, 0) is 24.0 Å². The van der Waals surface area contributed by atoms with E-state index in [1.54, 1.807) is 13.8 Å². The molecule has 0 aliphatic rings. The fraction of sp³-hybridized carbons (Fsp3) is 0.667. The molecule has 0 heterocycles. The number of primary amides is 1. The molecule has 12 nitrogen and oxygen atoms in total. The number of carbonyl (C=O) groups is 5. The Balaban J connectivity index is 5.02. The molecule has 0 aromatic heterocycles. The fourth-order valence-corrected chi connectivity index (χ4v) is 2.04. The van der Waals surface area contributed by atoms with Gasteiger partial charge in [-0.2, -0.15) is 0 Å². The zero-order chi connectivity index (χ0) is 21.1. The van der Waals surface area contributed by atoms with Crippen molar-refractivity contribution in [3.05, 3.63) is 0 Å². The Bertz CT molecular complexity index is 567. The molecule has 12 heteroatoms. The second-order valence-electron chi connectivity index (χ2n) is 6.32. The highest BCUT2D eigenvalue weighted by atomic mass is 16.4. The first-order chi connectivity index (χ1) is 12.5. The lowest BCUT2D eigenvalue weighted by atomic mass is 10.0. The molecule has 0 spiro atoms. The predicted molar refractivity (Wildman–Crippen MR) is 92.8 cm³/mol. The topological polar surface area (TPSA) is 214 Å². The minimum atomic E-state index is -1.40. The van der Waals surface area contributed by atoms with Gasteiger partial charge in [0.15, 0.2) is 0 Å². The van der Waals surface area contributed by atoms with Crippen LogP contribution in [-0.4, -0.2) is 71.1 Å². The van der Waals surface area contributed by atoms with E-state index in [4.69, 9.17) is 16.6 Å². The van der Waals surface area contributed by atoms with Gasteiger partial charge in [-0.05, 0) is 12.3 Å². The molecule has 3 atom stereocenters. The van der Waals surface area contributed by atoms with Crippen molar-refractivity contribution in [2.45, 2.75) is 44.8 Å². The predicted octanol–water partition coefficient (Wildman–Crippen LogP) is -3.60. The van der Waals surface area contributed by atoms with Gasteiger partial charge in [0, 0.05) is 0 Å². The van der Waals surface area contributed by atoms with Gasteiger partial charge >= 0.3 is 5.97 Å². The Morgan fingerprint density at radius 2 is 1.52 bits per heavy atom. The second-order valence-corrected chi connectivity index (χ2v) is 6.32. The van der Waals surface area contributed by atoms with Crippen LogP contribution < -0.4 is 27.4 Å². The van der Waals surface area contributed by atoms with Crippen molar-refractivity contribution >= 4 is 29.6 Å². The standard InChI is InChI=1S/C15H27N5O7/c1-7(2)3-9(19-13(25)8(16)4-11(17)22)15(27)20-10(6-21)14(26)18-5-12(23)24/h7-10,21H,3-6,16H2,1-2H3,(H2,17,22)(H,18,26)(H,19,25)(H,20,27)(H,23,24). The SMILES string of the molecule is CC(C)CC(NC(=O)C(N)CC(N)=O)C(=O)NC(CO)C(=O)NCC(=O)O. The molecule has 0 aromatic carbocycles. The van der Waals surface area contributed by atoms with Crippen molar-refractivity contribution in [3.63, 3.8) is 0 Å². The van der Waals surface area contributed by atoms with Gasteiger partial charge in [0.1, 0.15) is 18.6 Å². The maximum absolute atomic E-state index is 12.4. The number of aliphatic carboxylic acids is 1. The van der Waals surface area contributed by atoms with Gasteiger partial charge in [-0.15, -0.1) is 0 Å². The minimum Gasteiger partial charge on any atom is -0.480 e. The number of hydrogen-bond donors (Lipinski definition) is 7. The molecule has 0 saturated heterocycles. The summed E-state index contributed by atoms with van der Waals surface area (Å²) in [6.45, 7) is 2.12. The summed E-state index contributed by atoms with van der Waals surface area (Å²) in [6.07, 6.45) is -0.214. The molecule has 0 radical (unpaired) electrons. The van der Waals surface area contributed by atoms with Crippen LogP contribution in [0.15, 0.2) is 0 Å². The van der Waals surface area contributed by atoms with E-state index < -0.39 is 67.3 Å². The summed E-state index contributed by atoms with van der Waals surface area (Å²) < 4.78 is 0. The van der Waals surface area contributed by atoms with Crippen LogP contribution in [0.2, 0.25) is 0 Å². The maximum Gasteiger partial charge on any atom is 0.322 e. The molecule has 0 aliphatic heterocycles. The van der Waals surface area contributed by atoms with Crippen molar-refractivity contribution in [2.75, 3.05) is 13.2 Å². The normalized spacial score (nSPS) is 14.0. The first-order valence-electron chi connectivity index (χ1n) is 8.22. The molecule has 27 heavy (non-hydrogen) atoms. The van der Waals surface area contributed by atoms with E-state index in [1.807, 2.05) is 5.32 Å². The molecular weight excluding hydrogens is 362 g/mol. The van der Waals surface area contributed by atoms with Gasteiger partial charge < -0.3 is 37.6 Å². The molecule has 3 unspecified atom stereocenters. The van der Waals surface area contributed by atoms with Crippen molar-refractivity contribution in [2.24, 2.45) is 17.4 Å². The number of aliphatic hydroxyl groups excluding tert-OH is 1. The Morgan fingerprint density at radius 3 is 1.96 bits per heavy atom. The summed E-state index contributed by atoms with van der Waals surface area (Å²) >= 11 is 0. The zero-order valence-corrected chi connectivity index (χ0v) is 15.2. The average molecular weight is 389 g/mol. The van der Waals surface area contributed by atoms with Gasteiger partial charge in [-0.1, -0.05) is 13.8 Å². The molecule has 9 N–H and O–H groups in total. The zero-order valence-electron chi connectivity index (χ0n) is 15.2. The summed E-state index contributed by atoms with van der Waals surface area (Å²) in [6, 6.07) is -3.72. The quantitative estimate of drug-likeness (QED) is 0.176. The van der Waals surface area contributed by atoms with Crippen LogP contribution >= 0.6 is 0 Å². The van der Waals surface area contributed by atoms with Gasteiger partial charge in [-0.3, -0.25) is 24.0 Å². The third kappa shape index (κ3) is 10.1. The number of amides is 4. The van der Waals surface area contributed by atoms with Gasteiger partial charge in [0.25, 0.3) is 0 Å². The molecule has 0 aromatic rings. The summed E-state index contributed by atoms with van der Waals surface area (Å²) in [4.78, 5) is 57.6. The highest BCUT2D eigenvalue weighted by molar-refractivity contribution is 5.94. The summed E-state index contributed by atoms with van der Waals surface area (Å²) in [5, 5.41) is 24.5. The Labute approximate surface area is 156 Å². The van der Waals surface area contributed by atoms with Crippen LogP contribution in [0.5, 0.6) is 0 Å². The van der Waals surface area contributed by atoms with E-state index in [1.165, 1.54) is 0 Å². The lowest BCUT2D eigenvalue weighted by Crippen LogP contribution is -2.57. The summed E-state index contributed by atoms with van der Waals surface area (Å²) in [5.41, 5.74) is 10.5. The van der Waals surface area contributed by atoms with Crippen LogP contribution in [0, 0.1) is 5.92 Å². The lowest BCUT2D eigenvalue weighted by Gasteiger charge is -2.24. The smallest absolute Gasteiger partial charge is 0.322 e. The van der Waals surface area contributed by atoms with E-state index in [0.717, 1.165) is 0 Å². The molecule has 0 bridgehead atoms.